The summed E-state index contributed by atoms with van der Waals surface area (Å²) in [4.78, 5) is 17.7. The molecule has 5 nitrogen and oxygen atoms in total. The van der Waals surface area contributed by atoms with Crippen molar-refractivity contribution < 1.29 is 0 Å². The van der Waals surface area contributed by atoms with Gasteiger partial charge in [-0.3, -0.25) is 0 Å². The van der Waals surface area contributed by atoms with E-state index in [1.54, 1.807) is 17.7 Å². The van der Waals surface area contributed by atoms with Crippen molar-refractivity contribution in [2.24, 2.45) is 0 Å². The molecule has 6 heteroatoms. The third kappa shape index (κ3) is 3.52. The highest BCUT2D eigenvalue weighted by atomic mass is 32.1. The summed E-state index contributed by atoms with van der Waals surface area (Å²) in [5.74, 6) is 1.42. The third-order valence-electron chi connectivity index (χ3n) is 5.38. The van der Waals surface area contributed by atoms with Gasteiger partial charge in [0.2, 0.25) is 0 Å². The van der Waals surface area contributed by atoms with E-state index in [0.717, 1.165) is 53.2 Å². The molecule has 0 atom stereocenters. The van der Waals surface area contributed by atoms with Crippen molar-refractivity contribution in [1.29, 1.82) is 0 Å². The summed E-state index contributed by atoms with van der Waals surface area (Å²) in [5, 5.41) is 4.81. The normalized spacial score (nSPS) is 14.4. The molecule has 0 bridgehead atoms. The minimum atomic E-state index is 0.459. The van der Waals surface area contributed by atoms with Crippen molar-refractivity contribution in [2.75, 3.05) is 32.5 Å². The van der Waals surface area contributed by atoms with Gasteiger partial charge in [0, 0.05) is 17.6 Å². The molecule has 3 aromatic rings. The van der Waals surface area contributed by atoms with Gasteiger partial charge < -0.3 is 10.2 Å². The monoisotopic (exact) mass is 383 g/mol. The maximum absolute atomic E-state index is 5.10. The lowest BCUT2D eigenvalue weighted by Gasteiger charge is -2.21. The van der Waals surface area contributed by atoms with Crippen LogP contribution in [0.25, 0.3) is 20.4 Å². The summed E-state index contributed by atoms with van der Waals surface area (Å²) in [6.45, 7) is 6.50. The van der Waals surface area contributed by atoms with Crippen molar-refractivity contribution in [1.82, 2.24) is 19.9 Å². The SMILES string of the molecule is CC(C)c1nc2sc3c(NCCCN(C)C)ncnc3c2c2c1CCCC2. The lowest BCUT2D eigenvalue weighted by Crippen LogP contribution is -2.16. The Bertz CT molecular complexity index is 960. The van der Waals surface area contributed by atoms with Gasteiger partial charge in [-0.2, -0.15) is 0 Å². The van der Waals surface area contributed by atoms with Crippen LogP contribution >= 0.6 is 11.3 Å². The van der Waals surface area contributed by atoms with Crippen molar-refractivity contribution >= 4 is 37.6 Å². The summed E-state index contributed by atoms with van der Waals surface area (Å²) in [7, 11) is 4.21. The first-order chi connectivity index (χ1) is 13.1. The van der Waals surface area contributed by atoms with Crippen LogP contribution in [0.15, 0.2) is 6.33 Å². The lowest BCUT2D eigenvalue weighted by atomic mass is 9.86. The van der Waals surface area contributed by atoms with E-state index in [-0.39, 0.29) is 0 Å². The van der Waals surface area contributed by atoms with E-state index in [0.29, 0.717) is 5.92 Å². The maximum Gasteiger partial charge on any atom is 0.147 e. The zero-order valence-electron chi connectivity index (χ0n) is 16.8. The molecule has 0 saturated carbocycles. The summed E-state index contributed by atoms with van der Waals surface area (Å²) >= 11 is 1.75. The Morgan fingerprint density at radius 1 is 1.15 bits per heavy atom. The summed E-state index contributed by atoms with van der Waals surface area (Å²) in [5.41, 5.74) is 5.36. The molecule has 0 spiro atoms. The van der Waals surface area contributed by atoms with Gasteiger partial charge in [-0.15, -0.1) is 11.3 Å². The Hall–Kier alpha value is -1.79. The molecule has 0 amide bonds. The molecule has 3 heterocycles. The number of aromatic nitrogens is 3. The summed E-state index contributed by atoms with van der Waals surface area (Å²) in [6, 6.07) is 0. The minimum Gasteiger partial charge on any atom is -0.369 e. The molecule has 0 fully saturated rings. The van der Waals surface area contributed by atoms with Crippen LogP contribution in [0.2, 0.25) is 0 Å². The van der Waals surface area contributed by atoms with E-state index in [9.17, 15) is 0 Å². The number of pyridine rings is 1. The molecule has 1 aliphatic carbocycles. The first-order valence-electron chi connectivity index (χ1n) is 10.0. The molecule has 1 N–H and O–H groups in total. The zero-order chi connectivity index (χ0) is 19.0. The number of rotatable bonds is 6. The predicted octanol–water partition coefficient (Wildman–Crippen LogP) is 4.61. The Morgan fingerprint density at radius 2 is 1.93 bits per heavy atom. The first-order valence-corrected chi connectivity index (χ1v) is 10.9. The predicted molar refractivity (Wildman–Crippen MR) is 115 cm³/mol. The van der Waals surface area contributed by atoms with E-state index in [4.69, 9.17) is 4.98 Å². The molecule has 0 aromatic carbocycles. The minimum absolute atomic E-state index is 0.459. The summed E-state index contributed by atoms with van der Waals surface area (Å²) in [6.07, 6.45) is 7.64. The number of hydrogen-bond donors (Lipinski definition) is 1. The molecule has 0 unspecified atom stereocenters. The second-order valence-corrected chi connectivity index (χ2v) is 9.08. The molecule has 0 radical (unpaired) electrons. The Morgan fingerprint density at radius 3 is 2.67 bits per heavy atom. The number of fused-ring (bicyclic) bond motifs is 5. The zero-order valence-corrected chi connectivity index (χ0v) is 17.6. The van der Waals surface area contributed by atoms with Gasteiger partial charge in [0.25, 0.3) is 0 Å². The van der Waals surface area contributed by atoms with E-state index in [1.165, 1.54) is 35.0 Å². The van der Waals surface area contributed by atoms with E-state index < -0.39 is 0 Å². The van der Waals surface area contributed by atoms with Crippen LogP contribution in [-0.4, -0.2) is 47.0 Å². The maximum atomic E-state index is 5.10. The van der Waals surface area contributed by atoms with E-state index in [2.05, 4.69) is 48.1 Å². The Kier molecular flexibility index (Phi) is 5.28. The smallest absolute Gasteiger partial charge is 0.147 e. The fourth-order valence-corrected chi connectivity index (χ4v) is 5.23. The number of nitrogens with one attached hydrogen (secondary N) is 1. The number of aryl methyl sites for hydroxylation is 1. The highest BCUT2D eigenvalue weighted by Crippen LogP contribution is 2.41. The van der Waals surface area contributed by atoms with Crippen LogP contribution in [0.3, 0.4) is 0 Å². The largest absolute Gasteiger partial charge is 0.369 e. The van der Waals surface area contributed by atoms with Gasteiger partial charge in [-0.05, 0) is 69.8 Å². The second-order valence-electron chi connectivity index (χ2n) is 8.08. The van der Waals surface area contributed by atoms with Gasteiger partial charge in [0.15, 0.2) is 0 Å². The highest BCUT2D eigenvalue weighted by molar-refractivity contribution is 7.26. The van der Waals surface area contributed by atoms with Gasteiger partial charge in [0.05, 0.1) is 10.2 Å². The van der Waals surface area contributed by atoms with Crippen LogP contribution in [-0.2, 0) is 12.8 Å². The topological polar surface area (TPSA) is 53.9 Å². The molecule has 0 saturated heterocycles. The van der Waals surface area contributed by atoms with Gasteiger partial charge in [-0.25, -0.2) is 15.0 Å². The summed E-state index contributed by atoms with van der Waals surface area (Å²) < 4.78 is 1.15. The lowest BCUT2D eigenvalue weighted by molar-refractivity contribution is 0.405. The van der Waals surface area contributed by atoms with Gasteiger partial charge in [-0.1, -0.05) is 13.8 Å². The molecule has 27 heavy (non-hydrogen) atoms. The van der Waals surface area contributed by atoms with Crippen molar-refractivity contribution in [2.45, 2.75) is 51.9 Å². The van der Waals surface area contributed by atoms with Crippen molar-refractivity contribution in [3.8, 4) is 0 Å². The van der Waals surface area contributed by atoms with Crippen LogP contribution in [0, 0.1) is 0 Å². The average Bonchev–Trinajstić information content (AvgIpc) is 3.03. The molecule has 144 valence electrons. The molecular weight excluding hydrogens is 354 g/mol. The number of nitrogens with zero attached hydrogens (tertiary/aromatic N) is 4. The fourth-order valence-electron chi connectivity index (χ4n) is 4.09. The molecule has 3 aromatic heterocycles. The van der Waals surface area contributed by atoms with Crippen LogP contribution in [0.4, 0.5) is 5.82 Å². The van der Waals surface area contributed by atoms with Gasteiger partial charge in [0.1, 0.15) is 17.0 Å². The highest BCUT2D eigenvalue weighted by Gasteiger charge is 2.24. The third-order valence-corrected chi connectivity index (χ3v) is 6.46. The van der Waals surface area contributed by atoms with E-state index >= 15 is 0 Å². The number of thiophene rings is 1. The van der Waals surface area contributed by atoms with Crippen LogP contribution in [0.5, 0.6) is 0 Å². The molecule has 4 rings (SSSR count). The van der Waals surface area contributed by atoms with Crippen molar-refractivity contribution in [3.63, 3.8) is 0 Å². The second kappa shape index (κ2) is 7.68. The van der Waals surface area contributed by atoms with Crippen LogP contribution in [0.1, 0.15) is 55.8 Å². The number of hydrogen-bond acceptors (Lipinski definition) is 6. The fraction of sp³-hybridized carbons (Fsp3) is 0.571. The molecule has 1 aliphatic rings. The first kappa shape index (κ1) is 18.6. The average molecular weight is 384 g/mol. The standard InChI is InChI=1S/C21H29N5S/c1-13(2)17-15-9-6-5-8-14(15)16-18-19(27-21(16)25-17)20(24-12-23-18)22-10-7-11-26(3)4/h12-13H,5-11H2,1-4H3,(H,22,23,24). The quantitative estimate of drug-likeness (QED) is 0.630. The van der Waals surface area contributed by atoms with E-state index in [1.807, 2.05) is 0 Å². The van der Waals surface area contributed by atoms with Crippen molar-refractivity contribution in [3.05, 3.63) is 23.1 Å². The Labute approximate surface area is 165 Å². The number of anilines is 1. The molecule has 0 aliphatic heterocycles. The van der Waals surface area contributed by atoms with Gasteiger partial charge >= 0.3 is 0 Å². The van der Waals surface area contributed by atoms with Crippen LogP contribution < -0.4 is 5.32 Å². The molecular formula is C21H29N5S. The Balaban J connectivity index is 1.80.